The monoisotopic (exact) mass is 222 g/mol. The van der Waals surface area contributed by atoms with Crippen LogP contribution in [-0.2, 0) is 0 Å². The van der Waals surface area contributed by atoms with Crippen molar-refractivity contribution in [3.63, 3.8) is 0 Å². The zero-order chi connectivity index (χ0) is 11.8. The van der Waals surface area contributed by atoms with Gasteiger partial charge in [0.25, 0.3) is 0 Å². The topological polar surface area (TPSA) is 68.3 Å². The van der Waals surface area contributed by atoms with Crippen molar-refractivity contribution >= 4 is 10.9 Å². The summed E-state index contributed by atoms with van der Waals surface area (Å²) < 4.78 is 0. The van der Waals surface area contributed by atoms with Crippen molar-refractivity contribution in [2.45, 2.75) is 6.92 Å². The van der Waals surface area contributed by atoms with Gasteiger partial charge in [-0.3, -0.25) is 0 Å². The number of nitrogens with zero attached hydrogens (tertiary/aromatic N) is 2. The Morgan fingerprint density at radius 2 is 2.12 bits per heavy atom. The molecule has 0 amide bonds. The van der Waals surface area contributed by atoms with Crippen molar-refractivity contribution in [2.75, 3.05) is 0 Å². The summed E-state index contributed by atoms with van der Waals surface area (Å²) >= 11 is 0. The fourth-order valence-corrected chi connectivity index (χ4v) is 1.96. The van der Waals surface area contributed by atoms with E-state index in [1.807, 2.05) is 37.4 Å². The molecule has 0 aliphatic heterocycles. The van der Waals surface area contributed by atoms with E-state index < -0.39 is 0 Å². The lowest BCUT2D eigenvalue weighted by atomic mass is 10.2. The molecule has 0 aliphatic carbocycles. The number of aryl methyl sites for hydroxylation is 1. The third-order valence-electron chi connectivity index (χ3n) is 2.83. The molecule has 0 fully saturated rings. The Labute approximate surface area is 97.9 Å². The summed E-state index contributed by atoms with van der Waals surface area (Å²) in [6.07, 6.45) is 1.91. The van der Waals surface area contributed by atoms with Crippen LogP contribution in [0.1, 0.15) is 11.4 Å². The number of aromatic nitrogens is 3. The quantitative estimate of drug-likeness (QED) is 0.664. The van der Waals surface area contributed by atoms with Crippen molar-refractivity contribution in [3.05, 3.63) is 41.9 Å². The van der Waals surface area contributed by atoms with Gasteiger partial charge >= 0.3 is 0 Å². The predicted molar refractivity (Wildman–Crippen MR) is 65.3 cm³/mol. The lowest BCUT2D eigenvalue weighted by Crippen LogP contribution is -1.78. The molecule has 2 aromatic heterocycles. The number of aromatic amines is 2. The molecular weight excluding hydrogens is 212 g/mol. The highest BCUT2D eigenvalue weighted by Gasteiger charge is 2.11. The SMILES string of the molecule is Cc1[nH]c(-c2c[nH]c3ccccc23)nc1C#N. The van der Waals surface area contributed by atoms with Crippen LogP contribution < -0.4 is 0 Å². The molecule has 0 aliphatic rings. The summed E-state index contributed by atoms with van der Waals surface area (Å²) in [5, 5.41) is 10.0. The lowest BCUT2D eigenvalue weighted by Gasteiger charge is -1.93. The van der Waals surface area contributed by atoms with Crippen molar-refractivity contribution in [1.29, 1.82) is 5.26 Å². The summed E-state index contributed by atoms with van der Waals surface area (Å²) in [5.41, 5.74) is 3.30. The number of imidazole rings is 1. The zero-order valence-corrected chi connectivity index (χ0v) is 9.28. The largest absolute Gasteiger partial charge is 0.360 e. The minimum absolute atomic E-state index is 0.449. The van der Waals surface area contributed by atoms with Crippen LogP contribution in [0.2, 0.25) is 0 Å². The second kappa shape index (κ2) is 3.49. The molecule has 0 unspecified atom stereocenters. The van der Waals surface area contributed by atoms with E-state index >= 15 is 0 Å². The van der Waals surface area contributed by atoms with Gasteiger partial charge in [0.15, 0.2) is 5.69 Å². The average Bonchev–Trinajstić information content (AvgIpc) is 2.92. The Hall–Kier alpha value is -2.54. The fraction of sp³-hybridized carbons (Fsp3) is 0.0769. The van der Waals surface area contributed by atoms with E-state index in [4.69, 9.17) is 5.26 Å². The summed E-state index contributed by atoms with van der Waals surface area (Å²) in [6, 6.07) is 10.1. The Morgan fingerprint density at radius 3 is 2.88 bits per heavy atom. The number of hydrogen-bond donors (Lipinski definition) is 2. The predicted octanol–water partition coefficient (Wildman–Crippen LogP) is 2.74. The first-order valence-corrected chi connectivity index (χ1v) is 5.33. The second-order valence-electron chi connectivity index (χ2n) is 3.92. The van der Waals surface area contributed by atoms with Crippen LogP contribution in [0.5, 0.6) is 0 Å². The molecule has 0 saturated carbocycles. The number of nitriles is 1. The van der Waals surface area contributed by atoms with Crippen LogP contribution in [0.25, 0.3) is 22.3 Å². The van der Waals surface area contributed by atoms with E-state index in [1.165, 1.54) is 0 Å². The minimum Gasteiger partial charge on any atom is -0.360 e. The highest BCUT2D eigenvalue weighted by Crippen LogP contribution is 2.26. The molecule has 1 aromatic carbocycles. The average molecular weight is 222 g/mol. The standard InChI is InChI=1S/C13H10N4/c1-8-12(6-14)17-13(16-8)10-7-15-11-5-3-2-4-9(10)11/h2-5,7,15H,1H3,(H,16,17). The molecule has 3 rings (SSSR count). The zero-order valence-electron chi connectivity index (χ0n) is 9.28. The first-order valence-electron chi connectivity index (χ1n) is 5.33. The van der Waals surface area contributed by atoms with E-state index in [2.05, 4.69) is 21.0 Å². The van der Waals surface area contributed by atoms with Gasteiger partial charge in [-0.25, -0.2) is 4.98 Å². The first-order chi connectivity index (χ1) is 8.29. The number of fused-ring (bicyclic) bond motifs is 1. The lowest BCUT2D eigenvalue weighted by molar-refractivity contribution is 1.25. The maximum atomic E-state index is 8.90. The fourth-order valence-electron chi connectivity index (χ4n) is 1.96. The third kappa shape index (κ3) is 1.41. The van der Waals surface area contributed by atoms with Gasteiger partial charge in [-0.2, -0.15) is 5.26 Å². The molecule has 0 saturated heterocycles. The van der Waals surface area contributed by atoms with Gasteiger partial charge in [0.05, 0.1) is 5.69 Å². The molecule has 82 valence electrons. The van der Waals surface area contributed by atoms with E-state index in [0.29, 0.717) is 5.69 Å². The number of nitrogens with one attached hydrogen (secondary N) is 2. The van der Waals surface area contributed by atoms with E-state index in [9.17, 15) is 0 Å². The molecule has 0 atom stereocenters. The van der Waals surface area contributed by atoms with Gasteiger partial charge in [-0.1, -0.05) is 18.2 Å². The van der Waals surface area contributed by atoms with Crippen molar-refractivity contribution in [2.24, 2.45) is 0 Å². The van der Waals surface area contributed by atoms with Crippen molar-refractivity contribution in [3.8, 4) is 17.5 Å². The van der Waals surface area contributed by atoms with Gasteiger partial charge in [0.2, 0.25) is 0 Å². The van der Waals surface area contributed by atoms with Gasteiger partial charge in [-0.15, -0.1) is 0 Å². The molecule has 0 spiro atoms. The van der Waals surface area contributed by atoms with Gasteiger partial charge in [0, 0.05) is 22.7 Å². The van der Waals surface area contributed by atoms with E-state index in [-0.39, 0.29) is 0 Å². The smallest absolute Gasteiger partial charge is 0.161 e. The van der Waals surface area contributed by atoms with Crippen molar-refractivity contribution in [1.82, 2.24) is 15.0 Å². The van der Waals surface area contributed by atoms with Crippen LogP contribution in [0, 0.1) is 18.3 Å². The van der Waals surface area contributed by atoms with Crippen LogP contribution in [0.4, 0.5) is 0 Å². The summed E-state index contributed by atoms with van der Waals surface area (Å²) in [5.74, 6) is 0.733. The van der Waals surface area contributed by atoms with Crippen molar-refractivity contribution < 1.29 is 0 Å². The van der Waals surface area contributed by atoms with E-state index in [1.54, 1.807) is 0 Å². The van der Waals surface area contributed by atoms with E-state index in [0.717, 1.165) is 28.0 Å². The van der Waals surface area contributed by atoms with Crippen LogP contribution in [0.15, 0.2) is 30.5 Å². The molecule has 2 N–H and O–H groups in total. The summed E-state index contributed by atoms with van der Waals surface area (Å²) in [6.45, 7) is 1.85. The van der Waals surface area contributed by atoms with Crippen LogP contribution in [-0.4, -0.2) is 15.0 Å². The summed E-state index contributed by atoms with van der Waals surface area (Å²) in [7, 11) is 0. The van der Waals surface area contributed by atoms with Crippen LogP contribution >= 0.6 is 0 Å². The number of rotatable bonds is 1. The van der Waals surface area contributed by atoms with Gasteiger partial charge < -0.3 is 9.97 Å². The first kappa shape index (κ1) is 9.67. The molecule has 2 heterocycles. The van der Waals surface area contributed by atoms with Gasteiger partial charge in [-0.05, 0) is 13.0 Å². The Morgan fingerprint density at radius 1 is 1.29 bits per heavy atom. The highest BCUT2D eigenvalue weighted by molar-refractivity contribution is 5.93. The Balaban J connectivity index is 2.24. The minimum atomic E-state index is 0.449. The number of para-hydroxylation sites is 1. The molecule has 3 aromatic rings. The third-order valence-corrected chi connectivity index (χ3v) is 2.83. The molecule has 4 nitrogen and oxygen atoms in total. The highest BCUT2D eigenvalue weighted by atomic mass is 14.9. The molecule has 0 bridgehead atoms. The number of H-pyrrole nitrogens is 2. The molecule has 4 heteroatoms. The number of benzene rings is 1. The van der Waals surface area contributed by atoms with Crippen LogP contribution in [0.3, 0.4) is 0 Å². The molecule has 17 heavy (non-hydrogen) atoms. The normalized spacial score (nSPS) is 10.6. The Bertz CT molecular complexity index is 727. The maximum absolute atomic E-state index is 8.90. The summed E-state index contributed by atoms with van der Waals surface area (Å²) in [4.78, 5) is 10.6. The number of hydrogen-bond acceptors (Lipinski definition) is 2. The second-order valence-corrected chi connectivity index (χ2v) is 3.92. The molecule has 0 radical (unpaired) electrons. The maximum Gasteiger partial charge on any atom is 0.161 e. The van der Waals surface area contributed by atoms with Gasteiger partial charge in [0.1, 0.15) is 11.9 Å². The Kier molecular flexibility index (Phi) is 1.99. The molecular formula is C13H10N4.